The topological polar surface area (TPSA) is 96.7 Å². The lowest BCUT2D eigenvalue weighted by Gasteiger charge is -2.58. The molecule has 7 nitrogen and oxygen atoms in total. The zero-order valence-electron chi connectivity index (χ0n) is 17.3. The number of anilines is 1. The lowest BCUT2D eigenvalue weighted by Crippen LogP contribution is -2.64. The minimum absolute atomic E-state index is 0.127. The first-order chi connectivity index (χ1) is 15.0. The van der Waals surface area contributed by atoms with E-state index in [1.807, 2.05) is 12.1 Å². The number of nitrogens with one attached hydrogen (secondary N) is 1. The Balaban J connectivity index is 1.10. The van der Waals surface area contributed by atoms with Crippen molar-refractivity contribution in [3.05, 3.63) is 52.0 Å². The number of carbonyl (C=O) groups is 1. The van der Waals surface area contributed by atoms with E-state index in [0.717, 1.165) is 62.1 Å². The normalized spacial score (nSPS) is 20.4. The van der Waals surface area contributed by atoms with Gasteiger partial charge in [0.05, 0.1) is 29.4 Å². The summed E-state index contributed by atoms with van der Waals surface area (Å²) in [7, 11) is 0. The van der Waals surface area contributed by atoms with Crippen LogP contribution in [0.4, 0.5) is 5.82 Å². The Labute approximate surface area is 186 Å². The van der Waals surface area contributed by atoms with E-state index >= 15 is 0 Å². The van der Waals surface area contributed by atoms with Crippen LogP contribution >= 0.6 is 11.6 Å². The molecule has 8 heteroatoms. The molecule has 1 saturated heterocycles. The minimum atomic E-state index is 0.127. The van der Waals surface area contributed by atoms with Gasteiger partial charge in [0, 0.05) is 54.9 Å². The highest BCUT2D eigenvalue weighted by molar-refractivity contribution is 6.34. The lowest BCUT2D eigenvalue weighted by molar-refractivity contribution is -0.117. The van der Waals surface area contributed by atoms with Gasteiger partial charge in [0.1, 0.15) is 11.6 Å². The highest BCUT2D eigenvalue weighted by atomic mass is 35.5. The number of pyridine rings is 1. The number of aromatic nitrogens is 1. The summed E-state index contributed by atoms with van der Waals surface area (Å²) in [4.78, 5) is 19.1. The summed E-state index contributed by atoms with van der Waals surface area (Å²) in [6, 6.07) is 7.36. The maximum Gasteiger partial charge on any atom is 0.165 e. The number of nitrogen functional groups attached to an aromatic ring is 1. The number of nitrogens with zero attached hydrogens (tertiary/aromatic N) is 3. The van der Waals surface area contributed by atoms with Crippen LogP contribution in [-0.2, 0) is 6.42 Å². The van der Waals surface area contributed by atoms with Gasteiger partial charge in [-0.05, 0) is 37.5 Å². The van der Waals surface area contributed by atoms with Gasteiger partial charge in [0.15, 0.2) is 5.78 Å². The Bertz CT molecular complexity index is 1110. The molecule has 0 amide bonds. The number of fused-ring (bicyclic) bond motifs is 1. The third-order valence-electron chi connectivity index (χ3n) is 6.68. The van der Waals surface area contributed by atoms with Crippen molar-refractivity contribution in [1.29, 1.82) is 5.41 Å². The van der Waals surface area contributed by atoms with Crippen LogP contribution in [0.3, 0.4) is 0 Å². The summed E-state index contributed by atoms with van der Waals surface area (Å²) in [5, 5.41) is 8.65. The number of carbonyl (C=O) groups excluding carboxylic acids is 1. The summed E-state index contributed by atoms with van der Waals surface area (Å²) in [6.07, 6.45) is 6.53. The number of ketones is 1. The van der Waals surface area contributed by atoms with E-state index in [-0.39, 0.29) is 11.9 Å². The number of hydrogen-bond donors (Lipinski definition) is 2. The van der Waals surface area contributed by atoms with Crippen molar-refractivity contribution in [2.75, 3.05) is 31.9 Å². The molecule has 2 fully saturated rings. The monoisotopic (exact) mass is 439 g/mol. The summed E-state index contributed by atoms with van der Waals surface area (Å²) >= 11 is 6.21. The van der Waals surface area contributed by atoms with Crippen LogP contribution in [0.2, 0.25) is 5.02 Å². The van der Waals surface area contributed by atoms with Gasteiger partial charge in [-0.1, -0.05) is 11.6 Å². The Morgan fingerprint density at radius 3 is 2.84 bits per heavy atom. The fraction of sp³-hybridized carbons (Fsp3) is 0.435. The van der Waals surface area contributed by atoms with Crippen LogP contribution < -0.4 is 15.8 Å². The van der Waals surface area contributed by atoms with E-state index in [2.05, 4.69) is 9.89 Å². The van der Waals surface area contributed by atoms with Gasteiger partial charge >= 0.3 is 0 Å². The van der Waals surface area contributed by atoms with Gasteiger partial charge < -0.3 is 15.4 Å². The Hall–Kier alpha value is -2.64. The van der Waals surface area contributed by atoms with E-state index in [1.165, 1.54) is 6.34 Å². The van der Waals surface area contributed by atoms with Crippen molar-refractivity contribution in [2.45, 2.75) is 31.8 Å². The van der Waals surface area contributed by atoms with Crippen LogP contribution in [-0.4, -0.2) is 53.9 Å². The van der Waals surface area contributed by atoms with Crippen molar-refractivity contribution >= 4 is 29.5 Å². The van der Waals surface area contributed by atoms with E-state index in [9.17, 15) is 4.79 Å². The second-order valence-corrected chi connectivity index (χ2v) is 9.32. The molecule has 1 aromatic carbocycles. The van der Waals surface area contributed by atoms with Crippen molar-refractivity contribution < 1.29 is 9.53 Å². The maximum atomic E-state index is 12.1. The first kappa shape index (κ1) is 20.3. The fourth-order valence-electron chi connectivity index (χ4n) is 5.16. The number of hydrogen-bond acceptors (Lipinski definition) is 6. The summed E-state index contributed by atoms with van der Waals surface area (Å²) in [5.41, 5.74) is 7.91. The number of nitrogens with two attached hydrogens (primary N) is 1. The first-order valence-electron chi connectivity index (χ1n) is 10.7. The van der Waals surface area contributed by atoms with Gasteiger partial charge in [0.2, 0.25) is 0 Å². The highest BCUT2D eigenvalue weighted by Crippen LogP contribution is 2.50. The molecule has 162 valence electrons. The molecule has 2 aliphatic carbocycles. The van der Waals surface area contributed by atoms with E-state index < -0.39 is 0 Å². The number of halogens is 1. The lowest BCUT2D eigenvalue weighted by atomic mass is 9.62. The van der Waals surface area contributed by atoms with Crippen LogP contribution in [0.5, 0.6) is 5.75 Å². The van der Waals surface area contributed by atoms with Crippen LogP contribution in [0.1, 0.15) is 35.2 Å². The molecule has 3 aliphatic rings. The number of likely N-dealkylation sites (tertiary alicyclic amines) is 1. The smallest absolute Gasteiger partial charge is 0.165 e. The van der Waals surface area contributed by atoms with Crippen molar-refractivity contribution in [2.24, 2.45) is 10.4 Å². The summed E-state index contributed by atoms with van der Waals surface area (Å²) in [6.45, 7) is 3.84. The average Bonchev–Trinajstić information content (AvgIpc) is 3.09. The van der Waals surface area contributed by atoms with E-state index in [1.54, 1.807) is 22.9 Å². The van der Waals surface area contributed by atoms with E-state index in [0.29, 0.717) is 28.2 Å². The predicted octanol–water partition coefficient (Wildman–Crippen LogP) is 2.75. The standard InChI is InChI=1S/C23H26ClN5O2/c24-18-2-4-20(17-1-3-19(30)22(17)18)31-16-10-23(11-16)12-28(13-23)8-6-27-15-5-7-29(14-25)21(26)9-15/h2,4-5,7,9,14,16,25H,1,3,6,8,10-13,26H2. The molecule has 2 heterocycles. The molecular weight excluding hydrogens is 414 g/mol. The molecule has 5 rings (SSSR count). The largest absolute Gasteiger partial charge is 0.490 e. The minimum Gasteiger partial charge on any atom is -0.490 e. The predicted molar refractivity (Wildman–Crippen MR) is 120 cm³/mol. The molecule has 1 saturated carbocycles. The Morgan fingerprint density at radius 2 is 2.10 bits per heavy atom. The maximum absolute atomic E-state index is 12.1. The van der Waals surface area contributed by atoms with Gasteiger partial charge in [-0.2, -0.15) is 0 Å². The molecule has 0 unspecified atom stereocenters. The SMILES string of the molecule is N=Cn1ccc(=NCCN2CC3(CC(Oc4ccc(Cl)c5c4CCC5=O)C3)C2)cc1N. The van der Waals surface area contributed by atoms with E-state index in [4.69, 9.17) is 27.5 Å². The van der Waals surface area contributed by atoms with Crippen molar-refractivity contribution in [3.8, 4) is 5.75 Å². The highest BCUT2D eigenvalue weighted by Gasteiger charge is 2.53. The summed E-state index contributed by atoms with van der Waals surface area (Å²) in [5.74, 6) is 1.48. The Morgan fingerprint density at radius 1 is 1.29 bits per heavy atom. The molecular formula is C23H26ClN5O2. The molecule has 31 heavy (non-hydrogen) atoms. The molecule has 3 N–H and O–H groups in total. The third-order valence-corrected chi connectivity index (χ3v) is 7.00. The second kappa shape index (κ2) is 7.80. The number of rotatable bonds is 6. The quantitative estimate of drug-likeness (QED) is 0.534. The van der Waals surface area contributed by atoms with Crippen molar-refractivity contribution in [1.82, 2.24) is 9.47 Å². The molecule has 1 aromatic heterocycles. The fourth-order valence-corrected chi connectivity index (χ4v) is 5.45. The number of ether oxygens (including phenoxy) is 1. The van der Waals surface area contributed by atoms with Gasteiger partial charge in [0.25, 0.3) is 0 Å². The van der Waals surface area contributed by atoms with Crippen LogP contribution in [0.25, 0.3) is 0 Å². The van der Waals surface area contributed by atoms with Crippen LogP contribution in [0.15, 0.2) is 35.5 Å². The molecule has 0 bridgehead atoms. The van der Waals surface area contributed by atoms with Gasteiger partial charge in [-0.25, -0.2) is 0 Å². The number of benzene rings is 1. The van der Waals surface area contributed by atoms with Crippen molar-refractivity contribution in [3.63, 3.8) is 0 Å². The third kappa shape index (κ3) is 3.77. The molecule has 2 aromatic rings. The molecule has 1 aliphatic heterocycles. The second-order valence-electron chi connectivity index (χ2n) is 8.91. The molecule has 1 spiro atoms. The van der Waals surface area contributed by atoms with Gasteiger partial charge in [-0.3, -0.25) is 19.8 Å². The molecule has 0 radical (unpaired) electrons. The zero-order chi connectivity index (χ0) is 21.6. The Kier molecular flexibility index (Phi) is 5.10. The van der Waals surface area contributed by atoms with Gasteiger partial charge in [-0.15, -0.1) is 0 Å². The first-order valence-corrected chi connectivity index (χ1v) is 11.1. The summed E-state index contributed by atoms with van der Waals surface area (Å²) < 4.78 is 7.80. The average molecular weight is 440 g/mol. The van der Waals surface area contributed by atoms with Crippen LogP contribution in [0, 0.1) is 10.8 Å². The molecule has 0 atom stereocenters. The number of Topliss-reactive ketones (excluding diaryl/α,β-unsaturated/α-hetero) is 1. The zero-order valence-corrected chi connectivity index (χ0v) is 18.1.